The molecule has 0 aromatic heterocycles. The third-order valence-electron chi connectivity index (χ3n) is 4.33. The molecule has 0 spiro atoms. The van der Waals surface area contributed by atoms with Crippen LogP contribution in [0.5, 0.6) is 0 Å². The first kappa shape index (κ1) is 15.4. The first-order valence-corrected chi connectivity index (χ1v) is 8.93. The summed E-state index contributed by atoms with van der Waals surface area (Å²) in [5.74, 6) is 0. The molecule has 0 saturated carbocycles. The smallest absolute Gasteiger partial charge is 0.0555 e. The minimum atomic E-state index is 0.447. The zero-order chi connectivity index (χ0) is 15.5. The lowest BCUT2D eigenvalue weighted by molar-refractivity contribution is 0.288. The molecule has 1 aliphatic rings. The molecule has 0 N–H and O–H groups in total. The number of benzene rings is 2. The van der Waals surface area contributed by atoms with E-state index < -0.39 is 0 Å². The summed E-state index contributed by atoms with van der Waals surface area (Å²) in [6.45, 7) is 10.1. The average Bonchev–Trinajstić information content (AvgIpc) is 2.57. The number of likely N-dealkylation sites (N-methyl/N-ethyl adjacent to an activating group) is 1. The fraction of sp³-hybridized carbons (Fsp3) is 0.368. The quantitative estimate of drug-likeness (QED) is 0.765. The Morgan fingerprint density at radius 3 is 1.91 bits per heavy atom. The van der Waals surface area contributed by atoms with Gasteiger partial charge in [0.25, 0.3) is 0 Å². The van der Waals surface area contributed by atoms with Crippen molar-refractivity contribution in [3.8, 4) is 0 Å². The summed E-state index contributed by atoms with van der Waals surface area (Å²) in [7, 11) is 0. The van der Waals surface area contributed by atoms with Gasteiger partial charge in [0, 0.05) is 22.4 Å². The van der Waals surface area contributed by atoms with E-state index in [9.17, 15) is 0 Å². The number of hydrogen-bond donors (Lipinski definition) is 0. The molecule has 1 heterocycles. The number of fused-ring (bicyclic) bond motifs is 2. The zero-order valence-electron chi connectivity index (χ0n) is 13.6. The Kier molecular flexibility index (Phi) is 4.74. The van der Waals surface area contributed by atoms with Crippen molar-refractivity contribution in [2.75, 3.05) is 24.5 Å². The van der Waals surface area contributed by atoms with E-state index in [-0.39, 0.29) is 0 Å². The van der Waals surface area contributed by atoms with Crippen LogP contribution in [-0.4, -0.2) is 30.6 Å². The van der Waals surface area contributed by atoms with Crippen molar-refractivity contribution < 1.29 is 0 Å². The van der Waals surface area contributed by atoms with E-state index in [0.717, 1.165) is 19.6 Å². The van der Waals surface area contributed by atoms with E-state index >= 15 is 0 Å². The van der Waals surface area contributed by atoms with Crippen molar-refractivity contribution in [3.05, 3.63) is 48.5 Å². The SMILES string of the molecule is CCN(CC)C[C@@H](C)N1c2ccccc2Sc2ccccc21. The Morgan fingerprint density at radius 1 is 0.909 bits per heavy atom. The fourth-order valence-corrected chi connectivity index (χ4v) is 4.22. The molecule has 3 heteroatoms. The van der Waals surface area contributed by atoms with Gasteiger partial charge in [-0.15, -0.1) is 0 Å². The van der Waals surface area contributed by atoms with Gasteiger partial charge < -0.3 is 9.80 Å². The third-order valence-corrected chi connectivity index (χ3v) is 5.46. The molecule has 0 amide bonds. The Hall–Kier alpha value is -1.45. The molecule has 0 bridgehead atoms. The summed E-state index contributed by atoms with van der Waals surface area (Å²) in [5.41, 5.74) is 2.68. The van der Waals surface area contributed by atoms with E-state index in [1.165, 1.54) is 21.2 Å². The first-order chi connectivity index (χ1) is 10.7. The van der Waals surface area contributed by atoms with E-state index in [0.29, 0.717) is 6.04 Å². The van der Waals surface area contributed by atoms with Crippen LogP contribution < -0.4 is 4.90 Å². The van der Waals surface area contributed by atoms with Crippen LogP contribution in [0.3, 0.4) is 0 Å². The average molecular weight is 312 g/mol. The number of para-hydroxylation sites is 2. The topological polar surface area (TPSA) is 6.48 Å². The monoisotopic (exact) mass is 312 g/mol. The van der Waals surface area contributed by atoms with Crippen LogP contribution in [0.15, 0.2) is 58.3 Å². The van der Waals surface area contributed by atoms with Gasteiger partial charge in [-0.3, -0.25) is 0 Å². The van der Waals surface area contributed by atoms with Gasteiger partial charge in [-0.1, -0.05) is 49.9 Å². The maximum Gasteiger partial charge on any atom is 0.0555 e. The molecule has 1 atom stereocenters. The predicted molar refractivity (Wildman–Crippen MR) is 96.4 cm³/mol. The van der Waals surface area contributed by atoms with Crippen LogP contribution in [-0.2, 0) is 0 Å². The highest BCUT2D eigenvalue weighted by atomic mass is 32.2. The van der Waals surface area contributed by atoms with Crippen LogP contribution in [0, 0.1) is 0 Å². The fourth-order valence-electron chi connectivity index (χ4n) is 3.15. The lowest BCUT2D eigenvalue weighted by atomic mass is 10.1. The summed E-state index contributed by atoms with van der Waals surface area (Å²) in [4.78, 5) is 7.72. The number of anilines is 2. The largest absolute Gasteiger partial charge is 0.335 e. The minimum absolute atomic E-state index is 0.447. The van der Waals surface area contributed by atoms with Gasteiger partial charge in [0.1, 0.15) is 0 Å². The van der Waals surface area contributed by atoms with Crippen LogP contribution in [0.25, 0.3) is 0 Å². The van der Waals surface area contributed by atoms with Gasteiger partial charge in [0.05, 0.1) is 11.4 Å². The van der Waals surface area contributed by atoms with Crippen molar-refractivity contribution >= 4 is 23.1 Å². The van der Waals surface area contributed by atoms with Gasteiger partial charge >= 0.3 is 0 Å². The molecule has 0 fully saturated rings. The standard InChI is InChI=1S/C19H24N2S/c1-4-20(5-2)14-15(3)21-16-10-6-8-12-18(16)22-19-13-9-7-11-17(19)21/h6-13,15H,4-5,14H2,1-3H3/t15-/m1/s1. The van der Waals surface area contributed by atoms with Crippen molar-refractivity contribution in [3.63, 3.8) is 0 Å². The maximum atomic E-state index is 2.51. The van der Waals surface area contributed by atoms with Crippen LogP contribution in [0.2, 0.25) is 0 Å². The summed E-state index contributed by atoms with van der Waals surface area (Å²) in [5, 5.41) is 0. The molecule has 2 aromatic rings. The molecule has 116 valence electrons. The van der Waals surface area contributed by atoms with Crippen molar-refractivity contribution in [1.29, 1.82) is 0 Å². The second-order valence-electron chi connectivity index (χ2n) is 5.74. The summed E-state index contributed by atoms with van der Waals surface area (Å²) in [6, 6.07) is 18.0. The van der Waals surface area contributed by atoms with E-state index in [1.54, 1.807) is 0 Å². The minimum Gasteiger partial charge on any atom is -0.335 e. The molecule has 2 nitrogen and oxygen atoms in total. The Morgan fingerprint density at radius 2 is 1.41 bits per heavy atom. The lowest BCUT2D eigenvalue weighted by Crippen LogP contribution is -2.41. The highest BCUT2D eigenvalue weighted by molar-refractivity contribution is 7.99. The lowest BCUT2D eigenvalue weighted by Gasteiger charge is -2.39. The van der Waals surface area contributed by atoms with Gasteiger partial charge in [-0.2, -0.15) is 0 Å². The molecule has 0 radical (unpaired) electrons. The second kappa shape index (κ2) is 6.76. The summed E-state index contributed by atoms with van der Waals surface area (Å²) < 4.78 is 0. The van der Waals surface area contributed by atoms with Gasteiger partial charge in [-0.25, -0.2) is 0 Å². The van der Waals surface area contributed by atoms with E-state index in [1.807, 2.05) is 11.8 Å². The Bertz CT molecular complexity index is 591. The van der Waals surface area contributed by atoms with Crippen LogP contribution >= 0.6 is 11.8 Å². The molecule has 2 aromatic carbocycles. The third kappa shape index (κ3) is 2.88. The molecule has 0 saturated heterocycles. The molecular formula is C19H24N2S. The van der Waals surface area contributed by atoms with E-state index in [4.69, 9.17) is 0 Å². The summed E-state index contributed by atoms with van der Waals surface area (Å²) in [6.07, 6.45) is 0. The van der Waals surface area contributed by atoms with Crippen molar-refractivity contribution in [2.24, 2.45) is 0 Å². The molecule has 3 rings (SSSR count). The van der Waals surface area contributed by atoms with Crippen molar-refractivity contribution in [2.45, 2.75) is 36.6 Å². The molecule has 1 aliphatic heterocycles. The van der Waals surface area contributed by atoms with Gasteiger partial charge in [-0.05, 0) is 44.3 Å². The normalized spacial score (nSPS) is 14.6. The highest BCUT2D eigenvalue weighted by Gasteiger charge is 2.27. The second-order valence-corrected chi connectivity index (χ2v) is 6.83. The first-order valence-electron chi connectivity index (χ1n) is 8.12. The van der Waals surface area contributed by atoms with Gasteiger partial charge in [0.2, 0.25) is 0 Å². The Balaban J connectivity index is 1.99. The van der Waals surface area contributed by atoms with Gasteiger partial charge in [0.15, 0.2) is 0 Å². The molecule has 22 heavy (non-hydrogen) atoms. The predicted octanol–water partition coefficient (Wildman–Crippen LogP) is 5.02. The number of rotatable bonds is 5. The molecule has 0 aliphatic carbocycles. The highest BCUT2D eigenvalue weighted by Crippen LogP contribution is 2.48. The zero-order valence-corrected chi connectivity index (χ0v) is 14.4. The molecular weight excluding hydrogens is 288 g/mol. The van der Waals surface area contributed by atoms with E-state index in [2.05, 4.69) is 79.1 Å². The van der Waals surface area contributed by atoms with Crippen molar-refractivity contribution in [1.82, 2.24) is 4.90 Å². The Labute approximate surface area is 138 Å². The van der Waals surface area contributed by atoms with Crippen LogP contribution in [0.1, 0.15) is 20.8 Å². The summed E-state index contributed by atoms with van der Waals surface area (Å²) >= 11 is 1.88. The number of nitrogens with zero attached hydrogens (tertiary/aromatic N) is 2. The molecule has 0 unspecified atom stereocenters. The maximum absolute atomic E-state index is 2.51. The van der Waals surface area contributed by atoms with Crippen LogP contribution in [0.4, 0.5) is 11.4 Å². The number of hydrogen-bond acceptors (Lipinski definition) is 3.